The van der Waals surface area contributed by atoms with Gasteiger partial charge < -0.3 is 15.0 Å². The largest absolute Gasteiger partial charge is 0.497 e. The van der Waals surface area contributed by atoms with Crippen LogP contribution in [-0.4, -0.2) is 42.6 Å². The molecule has 1 saturated heterocycles. The van der Waals surface area contributed by atoms with E-state index >= 15 is 0 Å². The first-order chi connectivity index (χ1) is 19.1. The Morgan fingerprint density at radius 2 is 1.64 bits per heavy atom. The van der Waals surface area contributed by atoms with Crippen molar-refractivity contribution in [1.29, 1.82) is 5.26 Å². The summed E-state index contributed by atoms with van der Waals surface area (Å²) in [4.78, 5) is 25.2. The first-order valence-electron chi connectivity index (χ1n) is 13.5. The predicted octanol–water partition coefficient (Wildman–Crippen LogP) is 5.06. The molecule has 7 nitrogen and oxygen atoms in total. The van der Waals surface area contributed by atoms with Crippen molar-refractivity contribution in [3.05, 3.63) is 95.7 Å². The third kappa shape index (κ3) is 6.35. The minimum absolute atomic E-state index is 0.351. The highest BCUT2D eigenvalue weighted by atomic mass is 16.5. The molecule has 0 saturated carbocycles. The molecule has 1 aliphatic rings. The van der Waals surface area contributed by atoms with E-state index < -0.39 is 5.92 Å². The van der Waals surface area contributed by atoms with Crippen LogP contribution >= 0.6 is 0 Å². The topological polar surface area (TPSA) is 91.1 Å². The van der Waals surface area contributed by atoms with Crippen LogP contribution in [0.3, 0.4) is 0 Å². The van der Waals surface area contributed by atoms with E-state index in [1.54, 1.807) is 7.11 Å². The molecule has 0 spiro atoms. The molecular formula is C32H33N5O2. The second kappa shape index (κ2) is 12.4. The average Bonchev–Trinajstić information content (AvgIpc) is 2.98. The number of ether oxygens (including phenoxy) is 1. The predicted molar refractivity (Wildman–Crippen MR) is 153 cm³/mol. The van der Waals surface area contributed by atoms with Gasteiger partial charge in [-0.2, -0.15) is 5.26 Å². The van der Waals surface area contributed by atoms with Crippen LogP contribution in [0, 0.1) is 17.2 Å². The van der Waals surface area contributed by atoms with E-state index in [-0.39, 0.29) is 5.91 Å². The molecule has 1 unspecified atom stereocenters. The summed E-state index contributed by atoms with van der Waals surface area (Å²) in [5.74, 6) is 0.627. The zero-order chi connectivity index (χ0) is 27.0. The molecule has 1 N–H and O–H groups in total. The molecule has 1 amide bonds. The molecule has 39 heavy (non-hydrogen) atoms. The van der Waals surface area contributed by atoms with Gasteiger partial charge in [0.1, 0.15) is 11.4 Å². The first kappa shape index (κ1) is 26.2. The molecule has 0 bridgehead atoms. The van der Waals surface area contributed by atoms with Gasteiger partial charge >= 0.3 is 0 Å². The standard InChI is InChI=1S/C32H33N5O2/c1-39-26-13-11-23(12-14-26)15-18-34-32(38)27(22-33)30-31(36-29-10-6-5-9-28(29)35-30)37-19-16-25(17-20-37)21-24-7-3-2-4-8-24/h2-14,25,27H,15-21H2,1H3,(H,34,38). The second-order valence-corrected chi connectivity index (χ2v) is 9.99. The van der Waals surface area contributed by atoms with E-state index in [0.29, 0.717) is 35.9 Å². The summed E-state index contributed by atoms with van der Waals surface area (Å²) in [5.41, 5.74) is 4.31. The number of aromatic nitrogens is 2. The van der Waals surface area contributed by atoms with Crippen molar-refractivity contribution in [2.24, 2.45) is 5.92 Å². The zero-order valence-corrected chi connectivity index (χ0v) is 22.2. The third-order valence-corrected chi connectivity index (χ3v) is 7.40. The Kier molecular flexibility index (Phi) is 8.33. The highest BCUT2D eigenvalue weighted by Crippen LogP contribution is 2.31. The highest BCUT2D eigenvalue weighted by molar-refractivity contribution is 5.88. The fourth-order valence-electron chi connectivity index (χ4n) is 5.20. The van der Waals surface area contributed by atoms with E-state index in [1.807, 2.05) is 54.6 Å². The van der Waals surface area contributed by atoms with Gasteiger partial charge in [0.15, 0.2) is 11.7 Å². The normalized spacial score (nSPS) is 14.5. The van der Waals surface area contributed by atoms with Gasteiger partial charge in [-0.25, -0.2) is 9.97 Å². The summed E-state index contributed by atoms with van der Waals surface area (Å²) < 4.78 is 5.21. The van der Waals surface area contributed by atoms with Crippen molar-refractivity contribution in [1.82, 2.24) is 15.3 Å². The number of rotatable bonds is 9. The maximum Gasteiger partial charge on any atom is 0.243 e. The Bertz CT molecular complexity index is 1440. The number of carbonyl (C=O) groups excluding carboxylic acids is 1. The molecule has 3 aromatic carbocycles. The number of anilines is 1. The molecule has 5 rings (SSSR count). The monoisotopic (exact) mass is 519 g/mol. The molecule has 0 aliphatic carbocycles. The number of methoxy groups -OCH3 is 1. The van der Waals surface area contributed by atoms with E-state index in [0.717, 1.165) is 49.2 Å². The van der Waals surface area contributed by atoms with Gasteiger partial charge in [-0.05, 0) is 67.0 Å². The maximum absolute atomic E-state index is 13.3. The van der Waals surface area contributed by atoms with E-state index in [2.05, 4.69) is 40.6 Å². The zero-order valence-electron chi connectivity index (χ0n) is 22.2. The molecule has 7 heteroatoms. The molecule has 198 valence electrons. The van der Waals surface area contributed by atoms with E-state index in [4.69, 9.17) is 14.7 Å². The summed E-state index contributed by atoms with van der Waals surface area (Å²) in [6.07, 6.45) is 3.75. The van der Waals surface area contributed by atoms with Crippen molar-refractivity contribution in [3.8, 4) is 11.8 Å². The van der Waals surface area contributed by atoms with Crippen LogP contribution in [0.5, 0.6) is 5.75 Å². The van der Waals surface area contributed by atoms with Gasteiger partial charge in [-0.3, -0.25) is 4.79 Å². The number of hydrogen-bond acceptors (Lipinski definition) is 6. The molecule has 1 aromatic heterocycles. The van der Waals surface area contributed by atoms with Crippen LogP contribution in [0.15, 0.2) is 78.9 Å². The lowest BCUT2D eigenvalue weighted by atomic mass is 9.90. The molecule has 0 radical (unpaired) electrons. The van der Waals surface area contributed by atoms with E-state index in [9.17, 15) is 10.1 Å². The lowest BCUT2D eigenvalue weighted by Gasteiger charge is -2.34. The van der Waals surface area contributed by atoms with Crippen molar-refractivity contribution in [2.75, 3.05) is 31.6 Å². The van der Waals surface area contributed by atoms with Gasteiger partial charge in [-0.15, -0.1) is 0 Å². The Labute approximate surface area is 229 Å². The van der Waals surface area contributed by atoms with Gasteiger partial charge in [0, 0.05) is 19.6 Å². The van der Waals surface area contributed by atoms with Crippen molar-refractivity contribution in [2.45, 2.75) is 31.6 Å². The number of nitrogens with zero attached hydrogens (tertiary/aromatic N) is 4. The smallest absolute Gasteiger partial charge is 0.243 e. The van der Waals surface area contributed by atoms with E-state index in [1.165, 1.54) is 5.56 Å². The third-order valence-electron chi connectivity index (χ3n) is 7.40. The number of carbonyl (C=O) groups is 1. The molecule has 1 fully saturated rings. The number of benzene rings is 3. The van der Waals surface area contributed by atoms with Crippen LogP contribution in [0.1, 0.15) is 35.6 Å². The Balaban J connectivity index is 1.31. The Morgan fingerprint density at radius 1 is 0.974 bits per heavy atom. The number of nitrogens with one attached hydrogen (secondary N) is 1. The minimum atomic E-state index is -1.05. The summed E-state index contributed by atoms with van der Waals surface area (Å²) >= 11 is 0. The lowest BCUT2D eigenvalue weighted by molar-refractivity contribution is -0.121. The molecule has 4 aromatic rings. The van der Waals surface area contributed by atoms with Gasteiger partial charge in [0.05, 0.1) is 24.2 Å². The van der Waals surface area contributed by atoms with Crippen LogP contribution in [0.25, 0.3) is 11.0 Å². The summed E-state index contributed by atoms with van der Waals surface area (Å²) in [6.45, 7) is 2.05. The van der Waals surface area contributed by atoms with Gasteiger partial charge in [0.2, 0.25) is 5.91 Å². The second-order valence-electron chi connectivity index (χ2n) is 9.99. The number of nitriles is 1. The van der Waals surface area contributed by atoms with Crippen LogP contribution < -0.4 is 15.0 Å². The molecule has 1 atom stereocenters. The van der Waals surface area contributed by atoms with Crippen LogP contribution in [0.2, 0.25) is 0 Å². The summed E-state index contributed by atoms with van der Waals surface area (Å²) in [6, 6.07) is 28.2. The minimum Gasteiger partial charge on any atom is -0.497 e. The highest BCUT2D eigenvalue weighted by Gasteiger charge is 2.30. The summed E-state index contributed by atoms with van der Waals surface area (Å²) in [7, 11) is 1.63. The number of fused-ring (bicyclic) bond motifs is 1. The SMILES string of the molecule is COc1ccc(CCNC(=O)C(C#N)c2nc3ccccc3nc2N2CCC(Cc3ccccc3)CC2)cc1. The van der Waals surface area contributed by atoms with Gasteiger partial charge in [-0.1, -0.05) is 54.6 Å². The maximum atomic E-state index is 13.3. The van der Waals surface area contributed by atoms with Crippen molar-refractivity contribution >= 4 is 22.8 Å². The first-order valence-corrected chi connectivity index (χ1v) is 13.5. The van der Waals surface area contributed by atoms with Crippen molar-refractivity contribution in [3.63, 3.8) is 0 Å². The molecule has 1 aliphatic heterocycles. The number of para-hydroxylation sites is 2. The molecular weight excluding hydrogens is 486 g/mol. The lowest BCUT2D eigenvalue weighted by Crippen LogP contribution is -2.37. The van der Waals surface area contributed by atoms with Crippen molar-refractivity contribution < 1.29 is 9.53 Å². The quantitative estimate of drug-likeness (QED) is 0.332. The fraction of sp³-hybridized carbons (Fsp3) is 0.312. The van der Waals surface area contributed by atoms with Crippen LogP contribution in [0.4, 0.5) is 5.82 Å². The van der Waals surface area contributed by atoms with Gasteiger partial charge in [0.25, 0.3) is 0 Å². The Hall–Kier alpha value is -4.44. The fourth-order valence-corrected chi connectivity index (χ4v) is 5.20. The van der Waals surface area contributed by atoms with Crippen LogP contribution in [-0.2, 0) is 17.6 Å². The summed E-state index contributed by atoms with van der Waals surface area (Å²) in [5, 5.41) is 13.1. The number of piperidine rings is 1. The number of amides is 1. The Morgan fingerprint density at radius 3 is 2.31 bits per heavy atom. The molecule has 2 heterocycles. The number of hydrogen-bond donors (Lipinski definition) is 1. The average molecular weight is 520 g/mol.